The molecule has 0 N–H and O–H groups in total. The molecule has 0 unspecified atom stereocenters. The minimum atomic E-state index is -0.241. The quantitative estimate of drug-likeness (QED) is 0.162. The van der Waals surface area contributed by atoms with Crippen molar-refractivity contribution >= 4 is 99.3 Å². The van der Waals surface area contributed by atoms with Crippen molar-refractivity contribution in [1.82, 2.24) is 4.48 Å². The molecule has 5 heterocycles. The number of fused-ring (bicyclic) bond motifs is 15. The molecule has 5 heteroatoms. The van der Waals surface area contributed by atoms with Crippen LogP contribution in [0.2, 0.25) is 0 Å². The van der Waals surface area contributed by atoms with Gasteiger partial charge in [0.2, 0.25) is 0 Å². The molecule has 2 aliphatic heterocycles. The SMILES string of the molecule is CC(C)(C)c1ccc(N2c3cc4c(cc3B3c5c2cc2c(oc6ccccc62)c5-c2cccc5c6c7ccccc7sc6n3c25)C(C)(C)c2ccccc2C4(C)C)c(-c2ccccc2)c1. The smallest absolute Gasteiger partial charge is 0.333 e. The summed E-state index contributed by atoms with van der Waals surface area (Å²) in [6.45, 7) is 16.6. The Morgan fingerprint density at radius 3 is 2.00 bits per heavy atom. The lowest BCUT2D eigenvalue weighted by Crippen LogP contribution is -2.57. The third-order valence-corrected chi connectivity index (χ3v) is 16.8. The van der Waals surface area contributed by atoms with E-state index in [2.05, 4.69) is 216 Å². The van der Waals surface area contributed by atoms with Gasteiger partial charge in [0.25, 0.3) is 0 Å². The molecule has 3 aromatic heterocycles. The van der Waals surface area contributed by atoms with Crippen molar-refractivity contribution < 1.29 is 4.42 Å². The molecule has 11 aromatic rings. The largest absolute Gasteiger partial charge is 0.455 e. The first kappa shape index (κ1) is 37.5. The van der Waals surface area contributed by atoms with Gasteiger partial charge in [-0.15, -0.1) is 11.3 Å². The van der Waals surface area contributed by atoms with E-state index in [1.165, 1.54) is 109 Å². The predicted molar refractivity (Wildman–Crippen MR) is 277 cm³/mol. The number of anilines is 3. The van der Waals surface area contributed by atoms with E-state index in [9.17, 15) is 0 Å². The summed E-state index contributed by atoms with van der Waals surface area (Å²) in [5, 5.41) is 6.25. The number of benzene rings is 8. The second kappa shape index (κ2) is 12.5. The number of thiophene rings is 1. The van der Waals surface area contributed by atoms with E-state index in [1.807, 2.05) is 11.3 Å². The molecule has 8 aromatic carbocycles. The molecule has 0 spiro atoms. The zero-order valence-electron chi connectivity index (χ0n) is 37.8. The fourth-order valence-corrected chi connectivity index (χ4v) is 13.6. The summed E-state index contributed by atoms with van der Waals surface area (Å²) < 4.78 is 11.2. The van der Waals surface area contributed by atoms with Crippen LogP contribution in [0.15, 0.2) is 162 Å². The summed E-state index contributed by atoms with van der Waals surface area (Å²) in [6, 6.07) is 59.8. The molecule has 0 radical (unpaired) electrons. The predicted octanol–water partition coefficient (Wildman–Crippen LogP) is 15.3. The number of furan rings is 1. The Bertz CT molecular complexity index is 3890. The topological polar surface area (TPSA) is 21.3 Å². The van der Waals surface area contributed by atoms with Crippen molar-refractivity contribution in [3.8, 4) is 22.3 Å². The standard InChI is InChI=1S/C60H47BN2OS/c1-58(2,3)35-28-29-47(40(30-35)34-18-9-8-10-19-34)62-48-33-45-44(59(4,5)42-24-13-14-25-43(42)60(45,6)7)32-46(48)61-54-49(62)31-41-36-20-11-15-26-50(36)64-56(41)53(54)39-23-17-22-38-52-37-21-12-16-27-51(37)65-57(52)63(61)55(38)39/h8-33H,1-7H3. The lowest BCUT2D eigenvalue weighted by molar-refractivity contribution is 0.521. The van der Waals surface area contributed by atoms with Gasteiger partial charge in [-0.25, -0.2) is 0 Å². The van der Waals surface area contributed by atoms with E-state index >= 15 is 0 Å². The lowest BCUT2D eigenvalue weighted by Gasteiger charge is -2.47. The molecule has 312 valence electrons. The Morgan fingerprint density at radius 2 is 1.23 bits per heavy atom. The van der Waals surface area contributed by atoms with Crippen molar-refractivity contribution in [2.75, 3.05) is 4.90 Å². The zero-order chi connectivity index (χ0) is 43.9. The van der Waals surface area contributed by atoms with Crippen LogP contribution in [0.3, 0.4) is 0 Å². The Labute approximate surface area is 383 Å². The number of hydrogen-bond acceptors (Lipinski definition) is 3. The second-order valence-electron chi connectivity index (χ2n) is 20.8. The van der Waals surface area contributed by atoms with Gasteiger partial charge in [-0.3, -0.25) is 0 Å². The van der Waals surface area contributed by atoms with Gasteiger partial charge in [-0.2, -0.15) is 0 Å². The lowest BCUT2D eigenvalue weighted by atomic mass is 9.44. The van der Waals surface area contributed by atoms with E-state index in [-0.39, 0.29) is 23.1 Å². The highest BCUT2D eigenvalue weighted by Gasteiger charge is 2.49. The Kier molecular flexibility index (Phi) is 7.22. The molecule has 0 atom stereocenters. The average molecular weight is 855 g/mol. The molecule has 14 rings (SSSR count). The molecule has 0 fully saturated rings. The average Bonchev–Trinajstić information content (AvgIpc) is 3.99. The van der Waals surface area contributed by atoms with Gasteiger partial charge in [0.1, 0.15) is 11.2 Å². The van der Waals surface area contributed by atoms with Crippen molar-refractivity contribution in [3.63, 3.8) is 0 Å². The van der Waals surface area contributed by atoms with E-state index < -0.39 is 0 Å². The van der Waals surface area contributed by atoms with Gasteiger partial charge in [-0.1, -0.05) is 170 Å². The summed E-state index contributed by atoms with van der Waals surface area (Å²) in [6.07, 6.45) is 0. The van der Waals surface area contributed by atoms with Crippen LogP contribution >= 0.6 is 11.3 Å². The van der Waals surface area contributed by atoms with E-state index in [0.717, 1.165) is 21.9 Å². The first-order valence-electron chi connectivity index (χ1n) is 23.1. The van der Waals surface area contributed by atoms with Crippen molar-refractivity contribution in [3.05, 3.63) is 186 Å². The Morgan fingerprint density at radius 1 is 0.554 bits per heavy atom. The van der Waals surface area contributed by atoms with Gasteiger partial charge in [-0.05, 0) is 86.1 Å². The molecule has 0 amide bonds. The minimum Gasteiger partial charge on any atom is -0.455 e. The molecule has 3 nitrogen and oxygen atoms in total. The van der Waals surface area contributed by atoms with Crippen molar-refractivity contribution in [2.45, 2.75) is 64.7 Å². The number of nitrogens with zero attached hydrogens (tertiary/aromatic N) is 2. The third-order valence-electron chi connectivity index (χ3n) is 15.6. The summed E-state index contributed by atoms with van der Waals surface area (Å²) >= 11 is 1.93. The van der Waals surface area contributed by atoms with Crippen LogP contribution in [0.1, 0.15) is 76.3 Å². The fourth-order valence-electron chi connectivity index (χ4n) is 12.4. The molecule has 3 aliphatic rings. The van der Waals surface area contributed by atoms with Gasteiger partial charge < -0.3 is 13.8 Å². The molecule has 0 saturated heterocycles. The number of hydrogen-bond donors (Lipinski definition) is 0. The highest BCUT2D eigenvalue weighted by atomic mass is 32.1. The van der Waals surface area contributed by atoms with Gasteiger partial charge in [0.15, 0.2) is 0 Å². The summed E-state index contributed by atoms with van der Waals surface area (Å²) in [5.41, 5.74) is 20.7. The third kappa shape index (κ3) is 4.76. The maximum absolute atomic E-state index is 7.13. The monoisotopic (exact) mass is 854 g/mol. The van der Waals surface area contributed by atoms with Crippen LogP contribution in [0.5, 0.6) is 0 Å². The van der Waals surface area contributed by atoms with Gasteiger partial charge >= 0.3 is 6.85 Å². The van der Waals surface area contributed by atoms with Crippen LogP contribution < -0.4 is 15.8 Å². The highest BCUT2D eigenvalue weighted by molar-refractivity contribution is 7.26. The normalized spacial score (nSPS) is 15.5. The summed E-state index contributed by atoms with van der Waals surface area (Å²) in [7, 11) is 0. The maximum atomic E-state index is 7.13. The first-order valence-corrected chi connectivity index (χ1v) is 23.9. The van der Waals surface area contributed by atoms with Crippen molar-refractivity contribution in [1.29, 1.82) is 0 Å². The van der Waals surface area contributed by atoms with Crippen molar-refractivity contribution in [2.24, 2.45) is 0 Å². The van der Waals surface area contributed by atoms with E-state index in [1.54, 1.807) is 0 Å². The maximum Gasteiger partial charge on any atom is 0.333 e. The molecular formula is C60H47BN2OS. The van der Waals surface area contributed by atoms with E-state index in [0.29, 0.717) is 0 Å². The number of rotatable bonds is 2. The van der Waals surface area contributed by atoms with Crippen LogP contribution in [-0.2, 0) is 16.2 Å². The van der Waals surface area contributed by atoms with Crippen LogP contribution in [0.4, 0.5) is 17.1 Å². The summed E-state index contributed by atoms with van der Waals surface area (Å²) in [5.74, 6) is 0. The van der Waals surface area contributed by atoms with Crippen LogP contribution in [0, 0.1) is 0 Å². The molecule has 65 heavy (non-hydrogen) atoms. The molecule has 0 saturated carbocycles. The number of aromatic nitrogens is 1. The fraction of sp³-hybridized carbons (Fsp3) is 0.167. The highest BCUT2D eigenvalue weighted by Crippen LogP contribution is 2.56. The summed E-state index contributed by atoms with van der Waals surface area (Å²) in [4.78, 5) is 3.97. The first-order chi connectivity index (χ1) is 31.4. The van der Waals surface area contributed by atoms with Crippen LogP contribution in [-0.4, -0.2) is 11.3 Å². The molecular weight excluding hydrogens is 808 g/mol. The molecule has 1 aliphatic carbocycles. The molecule has 0 bridgehead atoms. The number of para-hydroxylation sites is 2. The minimum absolute atomic E-state index is 0.0397. The Balaban J connectivity index is 1.20. The zero-order valence-corrected chi connectivity index (χ0v) is 38.6. The van der Waals surface area contributed by atoms with Crippen LogP contribution in [0.25, 0.3) is 75.4 Å². The second-order valence-corrected chi connectivity index (χ2v) is 21.9. The van der Waals surface area contributed by atoms with Gasteiger partial charge in [0, 0.05) is 76.0 Å². The Hall–Kier alpha value is -6.82. The van der Waals surface area contributed by atoms with E-state index in [4.69, 9.17) is 4.42 Å². The van der Waals surface area contributed by atoms with Gasteiger partial charge in [0.05, 0.1) is 10.5 Å².